The Morgan fingerprint density at radius 1 is 1.04 bits per heavy atom. The van der Waals surface area contributed by atoms with E-state index in [2.05, 4.69) is 0 Å². The van der Waals surface area contributed by atoms with Crippen LogP contribution >= 0.6 is 0 Å². The summed E-state index contributed by atoms with van der Waals surface area (Å²) < 4.78 is 59.8. The van der Waals surface area contributed by atoms with Crippen LogP contribution < -0.4 is 4.74 Å². The molecule has 2 atom stereocenters. The highest BCUT2D eigenvalue weighted by Crippen LogP contribution is 2.36. The van der Waals surface area contributed by atoms with Gasteiger partial charge < -0.3 is 14.2 Å². The molecule has 1 saturated heterocycles. The van der Waals surface area contributed by atoms with Gasteiger partial charge in [0.1, 0.15) is 11.6 Å². The van der Waals surface area contributed by atoms with E-state index in [-0.39, 0.29) is 22.8 Å². The molecule has 0 aromatic heterocycles. The highest BCUT2D eigenvalue weighted by Gasteiger charge is 2.28. The summed E-state index contributed by atoms with van der Waals surface area (Å²) in [5.41, 5.74) is 0.00632. The lowest BCUT2D eigenvalue weighted by molar-refractivity contribution is -0.0875. The molecule has 146 valence electrons. The van der Waals surface area contributed by atoms with Crippen molar-refractivity contribution in [3.63, 3.8) is 0 Å². The molecule has 2 aromatic carbocycles. The van der Waals surface area contributed by atoms with E-state index in [1.807, 2.05) is 6.92 Å². The first-order chi connectivity index (χ1) is 13.0. The minimum Gasteiger partial charge on any atom is -0.497 e. The summed E-state index contributed by atoms with van der Waals surface area (Å²) >= 11 is 0. The highest BCUT2D eigenvalue weighted by molar-refractivity contribution is 5.66. The van der Waals surface area contributed by atoms with Gasteiger partial charge in [-0.15, -0.1) is 0 Å². The third kappa shape index (κ3) is 4.28. The van der Waals surface area contributed by atoms with Gasteiger partial charge in [0.2, 0.25) is 0 Å². The van der Waals surface area contributed by atoms with Crippen LogP contribution in [0, 0.1) is 17.5 Å². The van der Waals surface area contributed by atoms with E-state index in [9.17, 15) is 13.2 Å². The Morgan fingerprint density at radius 3 is 2.44 bits per heavy atom. The Morgan fingerprint density at radius 2 is 1.81 bits per heavy atom. The molecule has 1 aliphatic rings. The maximum Gasteiger partial charge on any atom is 0.167 e. The van der Waals surface area contributed by atoms with Crippen molar-refractivity contribution in [3.8, 4) is 16.9 Å². The van der Waals surface area contributed by atoms with Gasteiger partial charge in [-0.3, -0.25) is 0 Å². The van der Waals surface area contributed by atoms with Crippen LogP contribution in [0.4, 0.5) is 13.2 Å². The molecule has 2 aromatic rings. The van der Waals surface area contributed by atoms with Crippen molar-refractivity contribution >= 4 is 0 Å². The summed E-state index contributed by atoms with van der Waals surface area (Å²) in [7, 11) is 1.41. The van der Waals surface area contributed by atoms with E-state index in [0.717, 1.165) is 18.9 Å². The second-order valence-corrected chi connectivity index (χ2v) is 6.57. The van der Waals surface area contributed by atoms with Crippen LogP contribution in [-0.4, -0.2) is 26.4 Å². The van der Waals surface area contributed by atoms with Gasteiger partial charge in [0, 0.05) is 29.4 Å². The summed E-state index contributed by atoms with van der Waals surface area (Å²) in [5, 5.41) is 0. The highest BCUT2D eigenvalue weighted by atomic mass is 19.2. The lowest BCUT2D eigenvalue weighted by Crippen LogP contribution is -2.28. The number of benzene rings is 2. The molecule has 1 fully saturated rings. The fourth-order valence-electron chi connectivity index (χ4n) is 3.25. The van der Waals surface area contributed by atoms with Crippen LogP contribution in [-0.2, 0) is 9.47 Å². The molecule has 2 unspecified atom stereocenters. The zero-order valence-corrected chi connectivity index (χ0v) is 15.4. The van der Waals surface area contributed by atoms with Gasteiger partial charge in [0.05, 0.1) is 25.9 Å². The van der Waals surface area contributed by atoms with Crippen LogP contribution in [0.15, 0.2) is 30.3 Å². The van der Waals surface area contributed by atoms with Gasteiger partial charge in [-0.25, -0.2) is 13.2 Å². The Bertz CT molecular complexity index is 786. The fraction of sp³-hybridized carbons (Fsp3) is 0.429. The molecule has 0 N–H and O–H groups in total. The van der Waals surface area contributed by atoms with Gasteiger partial charge in [-0.1, -0.05) is 19.1 Å². The van der Waals surface area contributed by atoms with Crippen molar-refractivity contribution in [2.75, 3.05) is 20.3 Å². The predicted molar refractivity (Wildman–Crippen MR) is 96.3 cm³/mol. The molecule has 0 aliphatic carbocycles. The molecular formula is C21H23F3O3. The summed E-state index contributed by atoms with van der Waals surface area (Å²) in [6, 6.07) is 6.88. The maximum atomic E-state index is 14.7. The Kier molecular flexibility index (Phi) is 6.39. The normalized spacial score (nSPS) is 19.9. The molecule has 0 saturated carbocycles. The summed E-state index contributed by atoms with van der Waals surface area (Å²) in [4.78, 5) is 0. The molecule has 0 bridgehead atoms. The molecule has 1 aliphatic heterocycles. The average Bonchev–Trinajstić information content (AvgIpc) is 2.69. The van der Waals surface area contributed by atoms with Crippen LogP contribution in [0.5, 0.6) is 5.75 Å². The summed E-state index contributed by atoms with van der Waals surface area (Å²) in [6.45, 7) is 3.03. The predicted octanol–water partition coefficient (Wildman–Crippen LogP) is 5.43. The Balaban J connectivity index is 1.80. The quantitative estimate of drug-likeness (QED) is 0.669. The first kappa shape index (κ1) is 19.7. The van der Waals surface area contributed by atoms with Gasteiger partial charge >= 0.3 is 0 Å². The standard InChI is InChI=1S/C21H23F3O3/c1-3-10-26-14-5-9-19(27-12-14)17-8-7-16(20(23)21(17)24)15-6-4-13(25-2)11-18(15)22/h4,6-8,11,14,19H,3,5,9-10,12H2,1-2H3. The van der Waals surface area contributed by atoms with E-state index in [4.69, 9.17) is 14.2 Å². The Hall–Kier alpha value is -2.05. The smallest absolute Gasteiger partial charge is 0.167 e. The summed E-state index contributed by atoms with van der Waals surface area (Å²) in [5.74, 6) is -2.44. The second-order valence-electron chi connectivity index (χ2n) is 6.57. The molecule has 0 radical (unpaired) electrons. The van der Waals surface area contributed by atoms with Crippen LogP contribution in [0.2, 0.25) is 0 Å². The first-order valence-electron chi connectivity index (χ1n) is 9.10. The minimum atomic E-state index is -1.08. The number of hydrogen-bond donors (Lipinski definition) is 0. The third-order valence-electron chi connectivity index (χ3n) is 4.72. The molecule has 27 heavy (non-hydrogen) atoms. The van der Waals surface area contributed by atoms with E-state index in [0.29, 0.717) is 25.4 Å². The number of hydrogen-bond acceptors (Lipinski definition) is 3. The van der Waals surface area contributed by atoms with Gasteiger partial charge in [0.25, 0.3) is 0 Å². The van der Waals surface area contributed by atoms with Crippen LogP contribution in [0.1, 0.15) is 37.9 Å². The van der Waals surface area contributed by atoms with Crippen LogP contribution in [0.25, 0.3) is 11.1 Å². The molecule has 3 rings (SSSR count). The Labute approximate surface area is 157 Å². The monoisotopic (exact) mass is 380 g/mol. The molecule has 1 heterocycles. The zero-order valence-electron chi connectivity index (χ0n) is 15.4. The third-order valence-corrected chi connectivity index (χ3v) is 4.72. The molecule has 3 nitrogen and oxygen atoms in total. The topological polar surface area (TPSA) is 27.7 Å². The van der Waals surface area contributed by atoms with Crippen molar-refractivity contribution in [1.82, 2.24) is 0 Å². The van der Waals surface area contributed by atoms with Gasteiger partial charge in [-0.05, 0) is 31.4 Å². The van der Waals surface area contributed by atoms with Crippen molar-refractivity contribution in [2.24, 2.45) is 0 Å². The lowest BCUT2D eigenvalue weighted by Gasteiger charge is -2.29. The van der Waals surface area contributed by atoms with E-state index < -0.39 is 23.6 Å². The van der Waals surface area contributed by atoms with Crippen molar-refractivity contribution in [2.45, 2.75) is 38.4 Å². The summed E-state index contributed by atoms with van der Waals surface area (Å²) in [6.07, 6.45) is 1.64. The van der Waals surface area contributed by atoms with Crippen molar-refractivity contribution in [3.05, 3.63) is 53.3 Å². The number of halogens is 3. The fourth-order valence-corrected chi connectivity index (χ4v) is 3.25. The molecule has 0 spiro atoms. The molecular weight excluding hydrogens is 357 g/mol. The molecule has 0 amide bonds. The number of methoxy groups -OCH3 is 1. The van der Waals surface area contributed by atoms with E-state index in [1.54, 1.807) is 0 Å². The zero-order chi connectivity index (χ0) is 19.4. The van der Waals surface area contributed by atoms with Gasteiger partial charge in [0.15, 0.2) is 11.6 Å². The van der Waals surface area contributed by atoms with Crippen molar-refractivity contribution in [1.29, 1.82) is 0 Å². The van der Waals surface area contributed by atoms with Crippen molar-refractivity contribution < 1.29 is 27.4 Å². The number of rotatable bonds is 6. The SMILES string of the molecule is CCCOC1CCC(c2ccc(-c3ccc(OC)cc3F)c(F)c2F)OC1. The average molecular weight is 380 g/mol. The van der Waals surface area contributed by atoms with Crippen LogP contribution in [0.3, 0.4) is 0 Å². The number of ether oxygens (including phenoxy) is 3. The maximum absolute atomic E-state index is 14.7. The van der Waals surface area contributed by atoms with E-state index >= 15 is 0 Å². The van der Waals surface area contributed by atoms with Gasteiger partial charge in [-0.2, -0.15) is 0 Å². The second kappa shape index (κ2) is 8.76. The molecule has 6 heteroatoms. The minimum absolute atomic E-state index is 0.0122. The van der Waals surface area contributed by atoms with E-state index in [1.165, 1.54) is 31.4 Å². The lowest BCUT2D eigenvalue weighted by atomic mass is 9.96. The largest absolute Gasteiger partial charge is 0.497 e. The first-order valence-corrected chi connectivity index (χ1v) is 9.10.